The molecular weight excluding hydrogens is 1040 g/mol. The molecule has 9 rings (SSSR count). The van der Waals surface area contributed by atoms with Crippen LogP contribution in [-0.2, 0) is 39.0 Å². The number of methoxy groups -OCH3 is 2. The van der Waals surface area contributed by atoms with E-state index in [-0.39, 0.29) is 29.9 Å². The van der Waals surface area contributed by atoms with Crippen LogP contribution in [-0.4, -0.2) is 100 Å². The average molecular weight is 1110 g/mol. The Morgan fingerprint density at radius 3 is 1.68 bits per heavy atom. The molecule has 0 saturated carbocycles. The zero-order valence-electron chi connectivity index (χ0n) is 45.2. The Hall–Kier alpha value is -6.43. The Bertz CT molecular complexity index is 3060. The normalized spacial score (nSPS) is 19.8. The fraction of sp³-hybridized carbons (Fsp3) is 0.339. The summed E-state index contributed by atoms with van der Waals surface area (Å²) in [6.07, 6.45) is -0.326. The molecule has 414 valence electrons. The first-order valence-electron chi connectivity index (χ1n) is 26.5. The van der Waals surface area contributed by atoms with Gasteiger partial charge in [-0.1, -0.05) is 164 Å². The molecule has 7 aromatic rings. The molecule has 0 bridgehead atoms. The quantitative estimate of drug-likeness (QED) is 0.0313. The Labute approximate surface area is 466 Å². The topological polar surface area (TPSA) is 180 Å². The lowest BCUT2D eigenvalue weighted by Crippen LogP contribution is -2.46. The number of carbonyl (C=O) groups excluding carboxylic acids is 1. The number of hydrogen-bond acceptors (Lipinski definition) is 14. The number of ether oxygens (including phenoxy) is 4. The van der Waals surface area contributed by atoms with Crippen molar-refractivity contribution in [1.29, 1.82) is 0 Å². The monoisotopic (exact) mass is 1110 g/mol. The maximum atomic E-state index is 14.9. The molecule has 2 aliphatic heterocycles. The Balaban J connectivity index is 0.886. The highest BCUT2D eigenvalue weighted by molar-refractivity contribution is 8.13. The van der Waals surface area contributed by atoms with Gasteiger partial charge in [0.15, 0.2) is 11.3 Å². The second-order valence-electron chi connectivity index (χ2n) is 20.6. The molecule has 2 aliphatic rings. The predicted molar refractivity (Wildman–Crippen MR) is 306 cm³/mol. The van der Waals surface area contributed by atoms with Crippen molar-refractivity contribution in [2.75, 3.05) is 58.2 Å². The molecule has 17 heteroatoms. The van der Waals surface area contributed by atoms with E-state index in [0.29, 0.717) is 24.6 Å². The Morgan fingerprint density at radius 1 is 0.722 bits per heavy atom. The number of nitrogens with zero attached hydrogens (tertiary/aromatic N) is 3. The third-order valence-electron chi connectivity index (χ3n) is 14.8. The molecule has 3 N–H and O–H groups in total. The number of thioether (sulfide) groups is 1. The van der Waals surface area contributed by atoms with Crippen LogP contribution in [0.5, 0.6) is 11.5 Å². The van der Waals surface area contributed by atoms with Gasteiger partial charge in [0.2, 0.25) is 0 Å². The molecule has 79 heavy (non-hydrogen) atoms. The maximum absolute atomic E-state index is 14.9. The van der Waals surface area contributed by atoms with Gasteiger partial charge in [-0.25, -0.2) is 14.0 Å². The summed E-state index contributed by atoms with van der Waals surface area (Å²) in [6.45, 7) is 5.49. The minimum atomic E-state index is -4.06. The van der Waals surface area contributed by atoms with E-state index in [1.165, 1.54) is 13.1 Å². The van der Waals surface area contributed by atoms with Crippen LogP contribution in [0.25, 0.3) is 0 Å². The van der Waals surface area contributed by atoms with Crippen LogP contribution in [0, 0.1) is 5.41 Å². The summed E-state index contributed by atoms with van der Waals surface area (Å²) in [6, 6.07) is 56.6. The van der Waals surface area contributed by atoms with E-state index in [1.54, 1.807) is 25.0 Å². The number of anilines is 1. The van der Waals surface area contributed by atoms with Crippen LogP contribution >= 0.6 is 19.5 Å². The summed E-state index contributed by atoms with van der Waals surface area (Å²) in [5.41, 5.74) is -0.608. The molecule has 0 aliphatic carbocycles. The highest BCUT2D eigenvalue weighted by atomic mass is 32.2. The van der Waals surface area contributed by atoms with Gasteiger partial charge in [-0.2, -0.15) is 4.98 Å². The first kappa shape index (κ1) is 57.3. The molecule has 2 fully saturated rings. The summed E-state index contributed by atoms with van der Waals surface area (Å²) < 4.78 is 54.2. The van der Waals surface area contributed by atoms with Gasteiger partial charge in [-0.05, 0) is 97.3 Å². The van der Waals surface area contributed by atoms with Crippen molar-refractivity contribution in [3.8, 4) is 11.5 Å². The smallest absolute Gasteiger partial charge is 0.408 e. The minimum absolute atomic E-state index is 0.0790. The fourth-order valence-electron chi connectivity index (χ4n) is 10.4. The van der Waals surface area contributed by atoms with Crippen LogP contribution in [0.3, 0.4) is 0 Å². The summed E-state index contributed by atoms with van der Waals surface area (Å²) in [5.74, 6) is 1.70. The number of aliphatic hydroxyl groups excluding tert-OH is 1. The van der Waals surface area contributed by atoms with Crippen molar-refractivity contribution in [1.82, 2.24) is 14.2 Å². The molecule has 2 saturated heterocycles. The van der Waals surface area contributed by atoms with E-state index in [9.17, 15) is 24.4 Å². The lowest BCUT2D eigenvalue weighted by molar-refractivity contribution is -0.124. The van der Waals surface area contributed by atoms with Crippen LogP contribution in [0.1, 0.15) is 79.6 Å². The van der Waals surface area contributed by atoms with Crippen molar-refractivity contribution in [2.45, 2.75) is 75.2 Å². The van der Waals surface area contributed by atoms with Crippen LogP contribution < -0.4 is 20.5 Å². The average Bonchev–Trinajstić information content (AvgIpc) is 3.96. The molecule has 0 radical (unpaired) electrons. The lowest BCUT2D eigenvalue weighted by Gasteiger charge is -2.38. The number of nitrogens with one attached hydrogen (secondary N) is 1. The number of carbonyl (C=O) groups is 1. The zero-order valence-corrected chi connectivity index (χ0v) is 46.9. The van der Waals surface area contributed by atoms with Gasteiger partial charge in [0, 0.05) is 25.0 Å². The van der Waals surface area contributed by atoms with Crippen LogP contribution in [0.4, 0.5) is 5.82 Å². The first-order valence-corrected chi connectivity index (χ1v) is 29.0. The molecule has 15 nitrogen and oxygen atoms in total. The number of benzene rings is 6. The van der Waals surface area contributed by atoms with Gasteiger partial charge in [-0.15, -0.1) is 0 Å². The van der Waals surface area contributed by atoms with Gasteiger partial charge in [0.05, 0.1) is 39.5 Å². The second-order valence-corrected chi connectivity index (χ2v) is 23.7. The van der Waals surface area contributed by atoms with Crippen molar-refractivity contribution in [3.05, 3.63) is 226 Å². The molecule has 2 unspecified atom stereocenters. The third-order valence-corrected chi connectivity index (χ3v) is 18.1. The number of piperidine rings is 1. The van der Waals surface area contributed by atoms with Gasteiger partial charge >= 0.3 is 13.4 Å². The molecule has 6 aromatic carbocycles. The molecule has 1 aromatic heterocycles. The van der Waals surface area contributed by atoms with Gasteiger partial charge in [0.25, 0.3) is 0 Å². The standard InChI is InChI=1S/C62H69N4O11PS/c1-59(2,44-74-62(48-23-13-7-14-24-48,49-25-15-8-16-26-49)50-27-17-9-18-28-50)57(68)79-42-41-75-78(71,65-38-19-10-20-39-65)76-43-53-55(67)60(3,70)56(77-53)66-40-37-54(63-58(66)69)64-61(45-21-11-6-12-22-45,46-29-33-51(72-4)34-30-46)47-31-35-52(73-5)36-32-47/h6-9,11-18,21-37,40,53,55-56,67,70H,10,19-20,38-39,41-44H2,1-5H3,(H,63,64,69)/t53-,55+,56-,60?,78?/m1/s1. The third kappa shape index (κ3) is 12.2. The van der Waals surface area contributed by atoms with Crippen LogP contribution in [0.2, 0.25) is 0 Å². The number of aromatic nitrogens is 2. The van der Waals surface area contributed by atoms with Crippen LogP contribution in [0.15, 0.2) is 187 Å². The number of aliphatic hydroxyl groups is 2. The number of rotatable bonds is 23. The van der Waals surface area contributed by atoms with Crippen molar-refractivity contribution < 1.29 is 47.6 Å². The van der Waals surface area contributed by atoms with E-state index < -0.39 is 60.6 Å². The molecular formula is C62H69N4O11PS. The van der Waals surface area contributed by atoms with Gasteiger partial charge < -0.3 is 34.5 Å². The van der Waals surface area contributed by atoms with E-state index in [4.69, 9.17) is 28.0 Å². The zero-order chi connectivity index (χ0) is 55.7. The summed E-state index contributed by atoms with van der Waals surface area (Å²) in [7, 11) is -0.856. The van der Waals surface area contributed by atoms with E-state index in [1.807, 2.05) is 184 Å². The van der Waals surface area contributed by atoms with Gasteiger partial charge in [-0.3, -0.25) is 18.4 Å². The highest BCUT2D eigenvalue weighted by Crippen LogP contribution is 2.54. The second kappa shape index (κ2) is 24.9. The highest BCUT2D eigenvalue weighted by Gasteiger charge is 2.54. The summed E-state index contributed by atoms with van der Waals surface area (Å²) in [5, 5.41) is 27.0. The van der Waals surface area contributed by atoms with E-state index >= 15 is 0 Å². The summed E-state index contributed by atoms with van der Waals surface area (Å²) in [4.78, 5) is 32.8. The Morgan fingerprint density at radius 2 is 1.20 bits per heavy atom. The summed E-state index contributed by atoms with van der Waals surface area (Å²) >= 11 is 1.07. The molecule has 5 atom stereocenters. The van der Waals surface area contributed by atoms with E-state index in [2.05, 4.69) is 10.3 Å². The minimum Gasteiger partial charge on any atom is -0.497 e. The van der Waals surface area contributed by atoms with E-state index in [0.717, 1.165) is 69.0 Å². The first-order chi connectivity index (χ1) is 38.1. The van der Waals surface area contributed by atoms with Crippen molar-refractivity contribution >= 4 is 30.4 Å². The maximum Gasteiger partial charge on any atom is 0.408 e. The molecule has 0 amide bonds. The van der Waals surface area contributed by atoms with Gasteiger partial charge in [0.1, 0.15) is 46.3 Å². The molecule has 3 heterocycles. The fourth-order valence-corrected chi connectivity index (χ4v) is 13.2. The number of hydrogen-bond donors (Lipinski definition) is 3. The molecule has 0 spiro atoms. The lowest BCUT2D eigenvalue weighted by atomic mass is 9.77. The predicted octanol–water partition coefficient (Wildman–Crippen LogP) is 10.6. The van der Waals surface area contributed by atoms with Crippen molar-refractivity contribution in [2.24, 2.45) is 5.41 Å². The Kier molecular flexibility index (Phi) is 18.1. The van der Waals surface area contributed by atoms with Crippen molar-refractivity contribution in [3.63, 3.8) is 0 Å². The SMILES string of the molecule is COc1ccc(C(Nc2ccn([C@@H]3O[C@H](COP(=O)(OCCSC(=O)C(C)(C)COC(c4ccccc4)(c4ccccc4)c4ccccc4)N4CCCCC4)[C@H](O)C3(C)O)c(=O)n2)(c2ccccc2)c2ccc(OC)cc2)cc1. The largest absolute Gasteiger partial charge is 0.497 e.